The lowest BCUT2D eigenvalue weighted by Crippen LogP contribution is -2.57. The van der Waals surface area contributed by atoms with Gasteiger partial charge in [0.15, 0.2) is 5.82 Å². The maximum absolute atomic E-state index is 17.5. The van der Waals surface area contributed by atoms with Gasteiger partial charge in [0.05, 0.1) is 39.0 Å². The maximum Gasteiger partial charge on any atom is 0.407 e. The number of rotatable bonds is 8. The molecule has 1 saturated carbocycles. The molecule has 6 atom stereocenters. The van der Waals surface area contributed by atoms with E-state index in [1.165, 1.54) is 25.3 Å². The molecule has 1 spiro atoms. The van der Waals surface area contributed by atoms with Gasteiger partial charge < -0.3 is 34.3 Å². The molecule has 0 bridgehead atoms. The number of nitrogens with zero attached hydrogens (tertiary/aromatic N) is 5. The first-order valence-electron chi connectivity index (χ1n) is 20.7. The number of aromatic nitrogens is 3. The van der Waals surface area contributed by atoms with Crippen molar-refractivity contribution in [2.24, 2.45) is 5.41 Å². The monoisotopic (exact) mass is 786 g/mol. The van der Waals surface area contributed by atoms with E-state index < -0.39 is 23.3 Å². The molecule has 1 unspecified atom stereocenters. The number of phenols is 1. The lowest BCUT2D eigenvalue weighted by Gasteiger charge is -2.51. The van der Waals surface area contributed by atoms with Gasteiger partial charge in [0.1, 0.15) is 39.6 Å². The van der Waals surface area contributed by atoms with E-state index in [0.717, 1.165) is 51.5 Å². The Hall–Kier alpha value is -4.56. The van der Waals surface area contributed by atoms with E-state index in [0.29, 0.717) is 79.7 Å². The van der Waals surface area contributed by atoms with Crippen molar-refractivity contribution >= 4 is 33.6 Å². The number of alkyl carbamates (subject to hydrolysis) is 1. The fraction of sp³-hybridized carbons (Fsp3) is 0.581. The molecule has 6 heterocycles. The molecule has 12 nitrogen and oxygen atoms in total. The van der Waals surface area contributed by atoms with Crippen LogP contribution in [0.5, 0.6) is 17.6 Å². The summed E-state index contributed by atoms with van der Waals surface area (Å²) >= 11 is 0. The number of aryl methyl sites for hydroxylation is 1. The molecule has 304 valence electrons. The van der Waals surface area contributed by atoms with Gasteiger partial charge in [-0.25, -0.2) is 18.6 Å². The molecule has 0 radical (unpaired) electrons. The maximum atomic E-state index is 17.5. The SMILES string of the molecule is CCc1c(F)ccc2cc(O)cc(-c3nc(OC)c4c(N5CCC[C@]6(CNC(=O)O6)C5)nc(OC[C@]56CCC[C@H]5N(C5C[C@@H](C)O[C@@H](C)C5)CCC6)nc4c3F)c12. The Morgan fingerprint density at radius 1 is 1.02 bits per heavy atom. The molecule has 5 fully saturated rings. The number of methoxy groups -OCH3 is 1. The largest absolute Gasteiger partial charge is 0.508 e. The Balaban J connectivity index is 1.16. The zero-order valence-corrected chi connectivity index (χ0v) is 33.2. The van der Waals surface area contributed by atoms with Crippen LogP contribution in [0.1, 0.15) is 84.1 Å². The van der Waals surface area contributed by atoms with Crippen molar-refractivity contribution in [3.05, 3.63) is 41.5 Å². The van der Waals surface area contributed by atoms with Gasteiger partial charge in [-0.1, -0.05) is 19.4 Å². The van der Waals surface area contributed by atoms with Crippen molar-refractivity contribution in [3.63, 3.8) is 0 Å². The Kier molecular flexibility index (Phi) is 9.78. The molecule has 2 aromatic heterocycles. The molecule has 57 heavy (non-hydrogen) atoms. The Morgan fingerprint density at radius 2 is 1.81 bits per heavy atom. The Bertz CT molecular complexity index is 2220. The van der Waals surface area contributed by atoms with Crippen molar-refractivity contribution in [2.75, 3.05) is 44.8 Å². The Morgan fingerprint density at radius 3 is 2.56 bits per heavy atom. The number of aromatic hydroxyl groups is 1. The van der Waals surface area contributed by atoms with Crippen LogP contribution in [-0.2, 0) is 15.9 Å². The predicted molar refractivity (Wildman–Crippen MR) is 211 cm³/mol. The third-order valence-electron chi connectivity index (χ3n) is 13.4. The molecule has 4 aromatic rings. The third-order valence-corrected chi connectivity index (χ3v) is 13.4. The summed E-state index contributed by atoms with van der Waals surface area (Å²) in [6.45, 7) is 8.80. The van der Waals surface area contributed by atoms with E-state index in [4.69, 9.17) is 33.9 Å². The first-order chi connectivity index (χ1) is 27.5. The number of amides is 1. The quantitative estimate of drug-likeness (QED) is 0.185. The van der Waals surface area contributed by atoms with E-state index in [2.05, 4.69) is 24.1 Å². The minimum Gasteiger partial charge on any atom is -0.508 e. The normalized spacial score (nSPS) is 29.2. The van der Waals surface area contributed by atoms with Crippen LogP contribution in [-0.4, -0.2) is 101 Å². The van der Waals surface area contributed by atoms with Crippen LogP contribution < -0.4 is 19.7 Å². The van der Waals surface area contributed by atoms with E-state index in [-0.39, 0.29) is 57.4 Å². The number of carbonyl (C=O) groups excluding carboxylic acids is 1. The second-order valence-corrected chi connectivity index (χ2v) is 17.0. The van der Waals surface area contributed by atoms with Gasteiger partial charge in [-0.15, -0.1) is 0 Å². The molecular weight excluding hydrogens is 735 g/mol. The molecule has 4 aliphatic heterocycles. The van der Waals surface area contributed by atoms with Gasteiger partial charge in [-0.05, 0) is 113 Å². The summed E-state index contributed by atoms with van der Waals surface area (Å²) in [7, 11) is 1.45. The fourth-order valence-corrected chi connectivity index (χ4v) is 11.0. The lowest BCUT2D eigenvalue weighted by atomic mass is 9.74. The number of benzene rings is 2. The van der Waals surface area contributed by atoms with Gasteiger partial charge in [-0.3, -0.25) is 4.90 Å². The van der Waals surface area contributed by atoms with Crippen LogP contribution >= 0.6 is 0 Å². The summed E-state index contributed by atoms with van der Waals surface area (Å²) in [5, 5.41) is 14.9. The standard InChI is InChI=1S/C43H52F2N6O6/c1-5-29-31(44)11-10-26-19-28(52)20-30(33(26)29)36-35(45)37-34(39(47-36)54-4)38(50-15-8-14-43(22-50)21-46-41(53)57-43)49-40(48-37)55-23-42-12-6-9-32(42)51(16-7-13-42)27-17-24(2)56-25(3)18-27/h10-11,19-20,24-25,27,32,52H,5-9,12-18,21-23H2,1-4H3,(H,46,53)/t24-,25+,27?,32-,42-,43+/m1/s1. The number of phenolic OH excluding ortho intramolecular Hbond substituents is 1. The van der Waals surface area contributed by atoms with Crippen LogP contribution in [0.25, 0.3) is 32.9 Å². The smallest absolute Gasteiger partial charge is 0.407 e. The lowest BCUT2D eigenvalue weighted by molar-refractivity contribution is -0.0967. The van der Waals surface area contributed by atoms with Gasteiger partial charge in [0, 0.05) is 29.6 Å². The summed E-state index contributed by atoms with van der Waals surface area (Å²) in [5.41, 5.74) is -0.507. The summed E-state index contributed by atoms with van der Waals surface area (Å²) in [6.07, 6.45) is 8.96. The number of ether oxygens (including phenoxy) is 4. The van der Waals surface area contributed by atoms with Crippen LogP contribution in [0.15, 0.2) is 24.3 Å². The minimum atomic E-state index is -0.783. The molecule has 9 rings (SSSR count). The highest BCUT2D eigenvalue weighted by Crippen LogP contribution is 2.50. The second-order valence-electron chi connectivity index (χ2n) is 17.0. The number of hydrogen-bond acceptors (Lipinski definition) is 11. The molecule has 2 N–H and O–H groups in total. The van der Waals surface area contributed by atoms with Crippen LogP contribution in [0, 0.1) is 17.0 Å². The highest BCUT2D eigenvalue weighted by atomic mass is 19.1. The van der Waals surface area contributed by atoms with Crippen molar-refractivity contribution in [3.8, 4) is 28.9 Å². The fourth-order valence-electron chi connectivity index (χ4n) is 11.0. The molecule has 1 aliphatic carbocycles. The zero-order valence-electron chi connectivity index (χ0n) is 33.2. The molecule has 1 amide bonds. The average Bonchev–Trinajstić information content (AvgIpc) is 3.79. The number of fused-ring (bicyclic) bond motifs is 3. The van der Waals surface area contributed by atoms with Crippen molar-refractivity contribution in [2.45, 2.75) is 115 Å². The third kappa shape index (κ3) is 6.66. The van der Waals surface area contributed by atoms with Crippen LogP contribution in [0.3, 0.4) is 0 Å². The number of anilines is 1. The number of carbonyl (C=O) groups is 1. The summed E-state index contributed by atoms with van der Waals surface area (Å²) < 4.78 is 57.3. The summed E-state index contributed by atoms with van der Waals surface area (Å²) in [6, 6.07) is 6.68. The van der Waals surface area contributed by atoms with Crippen molar-refractivity contribution in [1.29, 1.82) is 0 Å². The minimum absolute atomic E-state index is 0.0308. The number of pyridine rings is 1. The van der Waals surface area contributed by atoms with E-state index in [1.807, 2.05) is 11.8 Å². The van der Waals surface area contributed by atoms with Gasteiger partial charge in [0.25, 0.3) is 0 Å². The highest BCUT2D eigenvalue weighted by molar-refractivity contribution is 6.03. The Labute approximate surface area is 331 Å². The average molecular weight is 787 g/mol. The molecule has 2 aromatic carbocycles. The van der Waals surface area contributed by atoms with E-state index >= 15 is 8.78 Å². The topological polar surface area (TPSA) is 131 Å². The number of hydrogen-bond donors (Lipinski definition) is 2. The molecule has 14 heteroatoms. The van der Waals surface area contributed by atoms with Gasteiger partial charge in [0.2, 0.25) is 5.88 Å². The number of halogens is 2. The zero-order chi connectivity index (χ0) is 39.6. The van der Waals surface area contributed by atoms with E-state index in [1.54, 1.807) is 6.07 Å². The summed E-state index contributed by atoms with van der Waals surface area (Å²) in [5.74, 6) is -0.898. The summed E-state index contributed by atoms with van der Waals surface area (Å²) in [4.78, 5) is 31.5. The number of piperidine rings is 2. The molecule has 5 aliphatic rings. The van der Waals surface area contributed by atoms with Crippen LogP contribution in [0.4, 0.5) is 19.4 Å². The number of nitrogens with one attached hydrogen (secondary N) is 1. The first kappa shape index (κ1) is 38.0. The van der Waals surface area contributed by atoms with Gasteiger partial charge in [-0.2, -0.15) is 9.97 Å². The van der Waals surface area contributed by atoms with E-state index in [9.17, 15) is 9.90 Å². The van der Waals surface area contributed by atoms with Crippen molar-refractivity contribution in [1.82, 2.24) is 25.2 Å². The van der Waals surface area contributed by atoms with Crippen molar-refractivity contribution < 1.29 is 37.6 Å². The second kappa shape index (κ2) is 14.7. The highest BCUT2D eigenvalue weighted by Gasteiger charge is 2.51. The first-order valence-corrected chi connectivity index (χ1v) is 20.7. The number of likely N-dealkylation sites (tertiary alicyclic amines) is 1. The predicted octanol–water partition coefficient (Wildman–Crippen LogP) is 7.45. The van der Waals surface area contributed by atoms with Crippen LogP contribution in [0.2, 0.25) is 0 Å². The molecular formula is C43H52F2N6O6. The van der Waals surface area contributed by atoms with Gasteiger partial charge >= 0.3 is 12.1 Å². The molecule has 4 saturated heterocycles.